The second-order valence-electron chi connectivity index (χ2n) is 4.59. The zero-order valence-corrected chi connectivity index (χ0v) is 10.3. The van der Waals surface area contributed by atoms with E-state index in [2.05, 4.69) is 0 Å². The third-order valence-corrected chi connectivity index (χ3v) is 3.10. The predicted molar refractivity (Wildman–Crippen MR) is 67.0 cm³/mol. The lowest BCUT2D eigenvalue weighted by Crippen LogP contribution is -2.45. The number of nitrogen functional groups attached to an aromatic ring is 1. The SMILES string of the molecule is CN1CCC(Oc2ccc(C#N)cc2N)C(F)C1. The van der Waals surface area contributed by atoms with Crippen molar-refractivity contribution in [3.8, 4) is 11.8 Å². The minimum atomic E-state index is -1.02. The van der Waals surface area contributed by atoms with Crippen LogP contribution in [0, 0.1) is 11.3 Å². The molecule has 0 radical (unpaired) electrons. The van der Waals surface area contributed by atoms with Crippen molar-refractivity contribution in [1.82, 2.24) is 4.90 Å². The lowest BCUT2D eigenvalue weighted by atomic mass is 10.1. The fourth-order valence-electron chi connectivity index (χ4n) is 2.06. The highest BCUT2D eigenvalue weighted by molar-refractivity contribution is 5.56. The molecule has 1 aliphatic heterocycles. The van der Waals surface area contributed by atoms with Crippen molar-refractivity contribution in [1.29, 1.82) is 5.26 Å². The van der Waals surface area contributed by atoms with E-state index in [4.69, 9.17) is 15.7 Å². The van der Waals surface area contributed by atoms with Gasteiger partial charge >= 0.3 is 0 Å². The summed E-state index contributed by atoms with van der Waals surface area (Å²) in [7, 11) is 1.89. The number of benzene rings is 1. The summed E-state index contributed by atoms with van der Waals surface area (Å²) in [5.74, 6) is 0.450. The Kier molecular flexibility index (Phi) is 3.68. The lowest BCUT2D eigenvalue weighted by Gasteiger charge is -2.32. The Morgan fingerprint density at radius 2 is 2.33 bits per heavy atom. The first-order valence-corrected chi connectivity index (χ1v) is 5.89. The Morgan fingerprint density at radius 3 is 2.94 bits per heavy atom. The number of nitriles is 1. The maximum Gasteiger partial charge on any atom is 0.149 e. The minimum Gasteiger partial charge on any atom is -0.485 e. The number of nitrogens with zero attached hydrogens (tertiary/aromatic N) is 2. The Balaban J connectivity index is 2.08. The van der Waals surface area contributed by atoms with Crippen LogP contribution in [0.2, 0.25) is 0 Å². The summed E-state index contributed by atoms with van der Waals surface area (Å²) in [6, 6.07) is 6.78. The summed E-state index contributed by atoms with van der Waals surface area (Å²) >= 11 is 0. The van der Waals surface area contributed by atoms with Crippen LogP contribution in [0.15, 0.2) is 18.2 Å². The molecule has 1 aliphatic rings. The van der Waals surface area contributed by atoms with Crippen LogP contribution >= 0.6 is 0 Å². The van der Waals surface area contributed by atoms with Gasteiger partial charge in [0.1, 0.15) is 18.0 Å². The van der Waals surface area contributed by atoms with Crippen LogP contribution < -0.4 is 10.5 Å². The predicted octanol–water partition coefficient (Wildman–Crippen LogP) is 1.56. The van der Waals surface area contributed by atoms with Gasteiger partial charge in [0.2, 0.25) is 0 Å². The number of hydrogen-bond acceptors (Lipinski definition) is 4. The third kappa shape index (κ3) is 2.71. The first-order valence-electron chi connectivity index (χ1n) is 5.89. The molecule has 1 saturated heterocycles. The van der Waals surface area contributed by atoms with Crippen LogP contribution in [0.3, 0.4) is 0 Å². The smallest absolute Gasteiger partial charge is 0.149 e. The van der Waals surface area contributed by atoms with Crippen LogP contribution in [0.1, 0.15) is 12.0 Å². The molecular formula is C13H16FN3O. The van der Waals surface area contributed by atoms with E-state index < -0.39 is 12.3 Å². The van der Waals surface area contributed by atoms with Gasteiger partial charge in [0, 0.05) is 13.1 Å². The average Bonchev–Trinajstić information content (AvgIpc) is 2.34. The molecule has 0 amide bonds. The Labute approximate surface area is 106 Å². The molecule has 96 valence electrons. The average molecular weight is 249 g/mol. The molecule has 1 heterocycles. The zero-order valence-electron chi connectivity index (χ0n) is 10.3. The van der Waals surface area contributed by atoms with Gasteiger partial charge in [0.15, 0.2) is 0 Å². The number of ether oxygens (including phenoxy) is 1. The highest BCUT2D eigenvalue weighted by atomic mass is 19.1. The number of rotatable bonds is 2. The number of piperidine rings is 1. The van der Waals surface area contributed by atoms with Crippen LogP contribution in [0.25, 0.3) is 0 Å². The Morgan fingerprint density at radius 1 is 1.56 bits per heavy atom. The highest BCUT2D eigenvalue weighted by Gasteiger charge is 2.29. The molecule has 0 saturated carbocycles. The maximum absolute atomic E-state index is 13.8. The first kappa shape index (κ1) is 12.7. The summed E-state index contributed by atoms with van der Waals surface area (Å²) in [5, 5.41) is 8.73. The van der Waals surface area contributed by atoms with E-state index in [-0.39, 0.29) is 0 Å². The van der Waals surface area contributed by atoms with Crippen molar-refractivity contribution in [2.45, 2.75) is 18.7 Å². The van der Waals surface area contributed by atoms with Gasteiger partial charge in [-0.2, -0.15) is 5.26 Å². The van der Waals surface area contributed by atoms with Crippen LogP contribution in [-0.2, 0) is 0 Å². The summed E-state index contributed by atoms with van der Waals surface area (Å²) in [5.41, 5.74) is 6.63. The summed E-state index contributed by atoms with van der Waals surface area (Å²) in [6.45, 7) is 1.18. The van der Waals surface area contributed by atoms with Crippen LogP contribution in [0.5, 0.6) is 5.75 Å². The van der Waals surface area contributed by atoms with Gasteiger partial charge in [-0.3, -0.25) is 0 Å². The largest absolute Gasteiger partial charge is 0.485 e. The molecule has 1 aromatic rings. The topological polar surface area (TPSA) is 62.3 Å². The molecule has 1 fully saturated rings. The fourth-order valence-corrected chi connectivity index (χ4v) is 2.06. The van der Waals surface area contributed by atoms with Gasteiger partial charge < -0.3 is 15.4 Å². The minimum absolute atomic E-state index is 0.375. The Hall–Kier alpha value is -1.80. The zero-order chi connectivity index (χ0) is 13.1. The Bertz CT molecular complexity index is 472. The molecule has 2 N–H and O–H groups in total. The molecule has 18 heavy (non-hydrogen) atoms. The monoisotopic (exact) mass is 249 g/mol. The van der Waals surface area contributed by atoms with Gasteiger partial charge in [0.25, 0.3) is 0 Å². The van der Waals surface area contributed by atoms with E-state index in [0.717, 1.165) is 6.54 Å². The number of halogens is 1. The fraction of sp³-hybridized carbons (Fsp3) is 0.462. The number of likely N-dealkylation sites (tertiary alicyclic amines) is 1. The van der Waals surface area contributed by atoms with Gasteiger partial charge in [-0.25, -0.2) is 4.39 Å². The lowest BCUT2D eigenvalue weighted by molar-refractivity contribution is 0.0318. The van der Waals surface area contributed by atoms with Gasteiger partial charge in [-0.1, -0.05) is 0 Å². The maximum atomic E-state index is 13.8. The number of anilines is 1. The summed E-state index contributed by atoms with van der Waals surface area (Å²) in [6.07, 6.45) is -0.841. The molecule has 2 unspecified atom stereocenters. The van der Waals surface area contributed by atoms with E-state index in [9.17, 15) is 4.39 Å². The molecule has 4 nitrogen and oxygen atoms in total. The first-order chi connectivity index (χ1) is 8.60. The molecule has 0 spiro atoms. The van der Waals surface area contributed by atoms with Gasteiger partial charge in [0.05, 0.1) is 17.3 Å². The van der Waals surface area contributed by atoms with Crippen molar-refractivity contribution in [3.63, 3.8) is 0 Å². The van der Waals surface area contributed by atoms with Gasteiger partial charge in [-0.05, 0) is 31.7 Å². The van der Waals surface area contributed by atoms with Crippen molar-refractivity contribution in [2.24, 2.45) is 0 Å². The van der Waals surface area contributed by atoms with E-state index >= 15 is 0 Å². The normalized spacial score (nSPS) is 24.5. The number of nitrogens with two attached hydrogens (primary N) is 1. The van der Waals surface area contributed by atoms with Crippen molar-refractivity contribution < 1.29 is 9.13 Å². The summed E-state index contributed by atoms with van der Waals surface area (Å²) < 4.78 is 19.4. The van der Waals surface area contributed by atoms with E-state index in [0.29, 0.717) is 30.0 Å². The molecule has 5 heteroatoms. The third-order valence-electron chi connectivity index (χ3n) is 3.10. The van der Waals surface area contributed by atoms with Crippen LogP contribution in [0.4, 0.5) is 10.1 Å². The quantitative estimate of drug-likeness (QED) is 0.808. The van der Waals surface area contributed by atoms with Crippen LogP contribution in [-0.4, -0.2) is 37.3 Å². The molecule has 0 aromatic heterocycles. The molecule has 2 atom stereocenters. The number of alkyl halides is 1. The summed E-state index contributed by atoms with van der Waals surface area (Å²) in [4.78, 5) is 1.94. The van der Waals surface area contributed by atoms with Crippen molar-refractivity contribution in [3.05, 3.63) is 23.8 Å². The van der Waals surface area contributed by atoms with Gasteiger partial charge in [-0.15, -0.1) is 0 Å². The molecule has 2 rings (SSSR count). The van der Waals surface area contributed by atoms with E-state index in [1.54, 1.807) is 12.1 Å². The highest BCUT2D eigenvalue weighted by Crippen LogP contribution is 2.26. The molecule has 1 aromatic carbocycles. The molecule has 0 bridgehead atoms. The standard InChI is InChI=1S/C13H16FN3O/c1-17-5-4-12(10(14)8-17)18-13-3-2-9(7-15)6-11(13)16/h2-3,6,10,12H,4-5,8,16H2,1H3. The van der Waals surface area contributed by atoms with E-state index in [1.165, 1.54) is 6.07 Å². The second-order valence-corrected chi connectivity index (χ2v) is 4.59. The van der Waals surface area contributed by atoms with Crippen molar-refractivity contribution in [2.75, 3.05) is 25.9 Å². The molecule has 0 aliphatic carbocycles. The number of hydrogen-bond donors (Lipinski definition) is 1. The van der Waals surface area contributed by atoms with Crippen molar-refractivity contribution >= 4 is 5.69 Å². The second kappa shape index (κ2) is 5.23. The van der Waals surface area contributed by atoms with E-state index in [1.807, 2.05) is 18.0 Å². The molecular weight excluding hydrogens is 233 g/mol.